The SMILES string of the molecule is O=S(=O)(Nc1nc(C2CC2)cs1)c1ccc(F)c(CO)c1. The summed E-state index contributed by atoms with van der Waals surface area (Å²) in [5.74, 6) is -0.187. The van der Waals surface area contributed by atoms with Gasteiger partial charge in [-0.15, -0.1) is 11.3 Å². The molecule has 1 aliphatic carbocycles. The highest BCUT2D eigenvalue weighted by atomic mass is 32.2. The van der Waals surface area contributed by atoms with Crippen LogP contribution in [0.25, 0.3) is 0 Å². The molecule has 0 unspecified atom stereocenters. The van der Waals surface area contributed by atoms with Gasteiger partial charge in [-0.2, -0.15) is 0 Å². The Bertz CT molecular complexity index is 769. The maximum Gasteiger partial charge on any atom is 0.263 e. The number of hydrogen-bond donors (Lipinski definition) is 2. The molecule has 1 fully saturated rings. The van der Waals surface area contributed by atoms with Crippen molar-refractivity contribution in [1.82, 2.24) is 4.98 Å². The van der Waals surface area contributed by atoms with Crippen molar-refractivity contribution in [1.29, 1.82) is 0 Å². The molecule has 0 atom stereocenters. The molecule has 112 valence electrons. The zero-order valence-electron chi connectivity index (χ0n) is 10.9. The fourth-order valence-electron chi connectivity index (χ4n) is 1.91. The van der Waals surface area contributed by atoms with E-state index >= 15 is 0 Å². The Morgan fingerprint density at radius 3 is 2.86 bits per heavy atom. The van der Waals surface area contributed by atoms with Crippen LogP contribution in [-0.2, 0) is 16.6 Å². The molecule has 0 bridgehead atoms. The summed E-state index contributed by atoms with van der Waals surface area (Å²) in [6, 6.07) is 3.30. The van der Waals surface area contributed by atoms with E-state index in [-0.39, 0.29) is 10.5 Å². The molecule has 0 aliphatic heterocycles. The Hall–Kier alpha value is -1.51. The molecule has 0 amide bonds. The van der Waals surface area contributed by atoms with Gasteiger partial charge in [0.2, 0.25) is 0 Å². The topological polar surface area (TPSA) is 79.3 Å². The molecular weight excluding hydrogens is 315 g/mol. The summed E-state index contributed by atoms with van der Waals surface area (Å²) in [6.07, 6.45) is 2.18. The number of aliphatic hydroxyl groups is 1. The first-order chi connectivity index (χ1) is 9.99. The van der Waals surface area contributed by atoms with E-state index in [0.717, 1.165) is 36.7 Å². The van der Waals surface area contributed by atoms with Crippen LogP contribution in [0.2, 0.25) is 0 Å². The first kappa shape index (κ1) is 14.4. The van der Waals surface area contributed by atoms with E-state index in [4.69, 9.17) is 5.11 Å². The number of nitrogens with one attached hydrogen (secondary N) is 1. The van der Waals surface area contributed by atoms with Gasteiger partial charge in [0.25, 0.3) is 10.0 Å². The fourth-order valence-corrected chi connectivity index (χ4v) is 4.01. The predicted molar refractivity (Wildman–Crippen MR) is 77.2 cm³/mol. The molecule has 8 heteroatoms. The summed E-state index contributed by atoms with van der Waals surface area (Å²) < 4.78 is 40.1. The summed E-state index contributed by atoms with van der Waals surface area (Å²) in [6.45, 7) is -0.557. The van der Waals surface area contributed by atoms with E-state index in [9.17, 15) is 12.8 Å². The largest absolute Gasteiger partial charge is 0.392 e. The van der Waals surface area contributed by atoms with Gasteiger partial charge in [0.05, 0.1) is 17.2 Å². The van der Waals surface area contributed by atoms with Crippen LogP contribution >= 0.6 is 11.3 Å². The summed E-state index contributed by atoms with van der Waals surface area (Å²) >= 11 is 1.23. The molecular formula is C13H13FN2O3S2. The van der Waals surface area contributed by atoms with Crippen molar-refractivity contribution in [3.8, 4) is 0 Å². The third-order valence-corrected chi connectivity index (χ3v) is 5.48. The second-order valence-corrected chi connectivity index (χ2v) is 7.41. The minimum absolute atomic E-state index is 0.0596. The lowest BCUT2D eigenvalue weighted by molar-refractivity contribution is 0.275. The molecule has 21 heavy (non-hydrogen) atoms. The van der Waals surface area contributed by atoms with Crippen LogP contribution in [0.4, 0.5) is 9.52 Å². The van der Waals surface area contributed by atoms with Crippen LogP contribution in [0.1, 0.15) is 30.0 Å². The van der Waals surface area contributed by atoms with Crippen LogP contribution in [0, 0.1) is 5.82 Å². The standard InChI is InChI=1S/C13H13FN2O3S2/c14-11-4-3-10(5-9(11)6-17)21(18,19)16-13-15-12(7-20-13)8-1-2-8/h3-5,7-8,17H,1-2,6H2,(H,15,16). The second-order valence-electron chi connectivity index (χ2n) is 4.87. The normalized spacial score (nSPS) is 15.1. The van der Waals surface area contributed by atoms with Gasteiger partial charge in [-0.05, 0) is 31.0 Å². The number of aliphatic hydroxyl groups excluding tert-OH is 1. The van der Waals surface area contributed by atoms with E-state index < -0.39 is 22.4 Å². The lowest BCUT2D eigenvalue weighted by Gasteiger charge is -2.07. The van der Waals surface area contributed by atoms with Crippen molar-refractivity contribution in [2.75, 3.05) is 4.72 Å². The average molecular weight is 328 g/mol. The zero-order chi connectivity index (χ0) is 15.0. The number of nitrogens with zero attached hydrogens (tertiary/aromatic N) is 1. The molecule has 0 spiro atoms. The van der Waals surface area contributed by atoms with Gasteiger partial charge in [-0.3, -0.25) is 4.72 Å². The Morgan fingerprint density at radius 1 is 1.43 bits per heavy atom. The van der Waals surface area contributed by atoms with E-state index in [1.807, 2.05) is 5.38 Å². The van der Waals surface area contributed by atoms with Crippen molar-refractivity contribution in [3.05, 3.63) is 40.7 Å². The molecule has 1 aromatic heterocycles. The maximum absolute atomic E-state index is 13.3. The third-order valence-electron chi connectivity index (χ3n) is 3.24. The van der Waals surface area contributed by atoms with Crippen LogP contribution < -0.4 is 4.72 Å². The van der Waals surface area contributed by atoms with Crippen molar-refractivity contribution >= 4 is 26.5 Å². The monoisotopic (exact) mass is 328 g/mol. The Balaban J connectivity index is 1.85. The van der Waals surface area contributed by atoms with E-state index in [1.54, 1.807) is 0 Å². The number of sulfonamides is 1. The maximum atomic E-state index is 13.3. The molecule has 1 aromatic carbocycles. The number of hydrogen-bond acceptors (Lipinski definition) is 5. The summed E-state index contributed by atoms with van der Waals surface area (Å²) in [7, 11) is -3.83. The Kier molecular flexibility index (Phi) is 3.68. The summed E-state index contributed by atoms with van der Waals surface area (Å²) in [5, 5.41) is 11.1. The number of rotatable bonds is 5. The highest BCUT2D eigenvalue weighted by Gasteiger charge is 2.27. The molecule has 1 saturated carbocycles. The minimum atomic E-state index is -3.83. The lowest BCUT2D eigenvalue weighted by atomic mass is 10.2. The Labute approximate surface area is 125 Å². The highest BCUT2D eigenvalue weighted by Crippen LogP contribution is 2.41. The molecule has 1 heterocycles. The van der Waals surface area contributed by atoms with Gasteiger partial charge in [-0.25, -0.2) is 17.8 Å². The molecule has 5 nitrogen and oxygen atoms in total. The van der Waals surface area contributed by atoms with Gasteiger partial charge >= 0.3 is 0 Å². The average Bonchev–Trinajstić information content (AvgIpc) is 3.20. The quantitative estimate of drug-likeness (QED) is 0.883. The zero-order valence-corrected chi connectivity index (χ0v) is 12.5. The fraction of sp³-hybridized carbons (Fsp3) is 0.308. The summed E-state index contributed by atoms with van der Waals surface area (Å²) in [5.41, 5.74) is 0.850. The minimum Gasteiger partial charge on any atom is -0.392 e. The van der Waals surface area contributed by atoms with Crippen LogP contribution in [0.5, 0.6) is 0 Å². The van der Waals surface area contributed by atoms with Crippen LogP contribution in [0.15, 0.2) is 28.5 Å². The molecule has 1 aliphatic rings. The molecule has 2 aromatic rings. The third kappa shape index (κ3) is 3.07. The van der Waals surface area contributed by atoms with Crippen LogP contribution in [-0.4, -0.2) is 18.5 Å². The Morgan fingerprint density at radius 2 is 2.19 bits per heavy atom. The van der Waals surface area contributed by atoms with Gasteiger partial charge in [0.15, 0.2) is 5.13 Å². The van der Waals surface area contributed by atoms with E-state index in [0.29, 0.717) is 11.0 Å². The van der Waals surface area contributed by atoms with Crippen molar-refractivity contribution < 1.29 is 17.9 Å². The predicted octanol–water partition coefficient (Wildman–Crippen LogP) is 2.45. The van der Waals surface area contributed by atoms with Crippen molar-refractivity contribution in [2.24, 2.45) is 0 Å². The molecule has 0 radical (unpaired) electrons. The molecule has 0 saturated heterocycles. The summed E-state index contributed by atoms with van der Waals surface area (Å²) in [4.78, 5) is 4.15. The van der Waals surface area contributed by atoms with Crippen LogP contribution in [0.3, 0.4) is 0 Å². The van der Waals surface area contributed by atoms with E-state index in [1.165, 1.54) is 11.3 Å². The second kappa shape index (κ2) is 5.36. The highest BCUT2D eigenvalue weighted by molar-refractivity contribution is 7.93. The lowest BCUT2D eigenvalue weighted by Crippen LogP contribution is -2.13. The smallest absolute Gasteiger partial charge is 0.263 e. The number of halogens is 1. The first-order valence-electron chi connectivity index (χ1n) is 6.37. The molecule has 2 N–H and O–H groups in total. The van der Waals surface area contributed by atoms with Crippen molar-refractivity contribution in [3.63, 3.8) is 0 Å². The number of aromatic nitrogens is 1. The number of benzene rings is 1. The molecule has 3 rings (SSSR count). The van der Waals surface area contributed by atoms with E-state index in [2.05, 4.69) is 9.71 Å². The number of anilines is 1. The van der Waals surface area contributed by atoms with Gasteiger partial charge in [0, 0.05) is 16.9 Å². The first-order valence-corrected chi connectivity index (χ1v) is 8.73. The van der Waals surface area contributed by atoms with Crippen molar-refractivity contribution in [2.45, 2.75) is 30.3 Å². The number of thiazole rings is 1. The van der Waals surface area contributed by atoms with Gasteiger partial charge < -0.3 is 5.11 Å². The van der Waals surface area contributed by atoms with Gasteiger partial charge in [0.1, 0.15) is 5.82 Å². The van der Waals surface area contributed by atoms with Gasteiger partial charge in [-0.1, -0.05) is 0 Å².